The molecule has 0 spiro atoms. The molecule has 6 heteroatoms. The molecule has 1 aromatic carbocycles. The van der Waals surface area contributed by atoms with Crippen molar-refractivity contribution in [2.24, 2.45) is 11.7 Å². The number of nitrogens with zero attached hydrogens (tertiary/aromatic N) is 1. The normalized spacial score (nSPS) is 15.9. The first-order valence-electron chi connectivity index (χ1n) is 11.2. The number of aryl methyl sites for hydroxylation is 1. The smallest absolute Gasteiger partial charge is 0.336 e. The lowest BCUT2D eigenvalue weighted by molar-refractivity contribution is 0.170. The summed E-state index contributed by atoms with van der Waals surface area (Å²) in [6.07, 6.45) is 10.8. The van der Waals surface area contributed by atoms with E-state index >= 15 is 0 Å². The predicted molar refractivity (Wildman–Crippen MR) is 120 cm³/mol. The Labute approximate surface area is 182 Å². The van der Waals surface area contributed by atoms with Crippen molar-refractivity contribution in [2.75, 3.05) is 13.2 Å². The minimum Gasteiger partial charge on any atom is -0.486 e. The zero-order valence-electron chi connectivity index (χ0n) is 17.8. The van der Waals surface area contributed by atoms with Crippen molar-refractivity contribution >= 4 is 11.0 Å². The molecule has 0 bridgehead atoms. The Morgan fingerprint density at radius 2 is 1.81 bits per heavy atom. The number of para-hydroxylation sites is 1. The van der Waals surface area contributed by atoms with Crippen LogP contribution in [0.1, 0.15) is 49.8 Å². The maximum Gasteiger partial charge on any atom is 0.336 e. The van der Waals surface area contributed by atoms with E-state index in [1.54, 1.807) is 6.20 Å². The van der Waals surface area contributed by atoms with Crippen LogP contribution in [0.25, 0.3) is 11.0 Å². The first-order chi connectivity index (χ1) is 15.2. The SMILES string of the molecule is NCc1cc2c(cn1)OCCO2.O=c1ccc2cccc(CCC3CCCCC3)c2o1. The highest BCUT2D eigenvalue weighted by molar-refractivity contribution is 5.79. The number of pyridine rings is 1. The lowest BCUT2D eigenvalue weighted by Gasteiger charge is -2.21. The Kier molecular flexibility index (Phi) is 7.20. The third-order valence-electron chi connectivity index (χ3n) is 5.97. The second-order valence-electron chi connectivity index (χ2n) is 8.16. The van der Waals surface area contributed by atoms with Gasteiger partial charge in [0.05, 0.1) is 11.9 Å². The van der Waals surface area contributed by atoms with Crippen molar-refractivity contribution in [2.45, 2.75) is 51.5 Å². The van der Waals surface area contributed by atoms with E-state index in [0.29, 0.717) is 25.5 Å². The molecule has 2 aromatic heterocycles. The van der Waals surface area contributed by atoms with E-state index in [0.717, 1.165) is 34.8 Å². The van der Waals surface area contributed by atoms with Crippen LogP contribution in [0.5, 0.6) is 11.5 Å². The van der Waals surface area contributed by atoms with Crippen LogP contribution in [-0.2, 0) is 13.0 Å². The fraction of sp³-hybridized carbons (Fsp3) is 0.440. The molecule has 1 saturated carbocycles. The minimum absolute atomic E-state index is 0.252. The predicted octanol–water partition coefficient (Wildman–Crippen LogP) is 4.62. The van der Waals surface area contributed by atoms with Gasteiger partial charge in [-0.15, -0.1) is 0 Å². The summed E-state index contributed by atoms with van der Waals surface area (Å²) in [5.74, 6) is 2.31. The average Bonchev–Trinajstić information content (AvgIpc) is 2.83. The zero-order valence-corrected chi connectivity index (χ0v) is 17.8. The summed E-state index contributed by atoms with van der Waals surface area (Å²) in [4.78, 5) is 15.5. The van der Waals surface area contributed by atoms with Crippen molar-refractivity contribution in [1.29, 1.82) is 0 Å². The molecule has 3 aromatic rings. The van der Waals surface area contributed by atoms with Crippen LogP contribution in [0.2, 0.25) is 0 Å². The molecule has 164 valence electrons. The van der Waals surface area contributed by atoms with Crippen LogP contribution < -0.4 is 20.8 Å². The third-order valence-corrected chi connectivity index (χ3v) is 5.97. The molecule has 3 heterocycles. The minimum atomic E-state index is -0.252. The number of benzene rings is 1. The average molecular weight is 423 g/mol. The number of aromatic nitrogens is 1. The summed E-state index contributed by atoms with van der Waals surface area (Å²) in [7, 11) is 0. The second-order valence-corrected chi connectivity index (χ2v) is 8.16. The molecule has 6 nitrogen and oxygen atoms in total. The van der Waals surface area contributed by atoms with Crippen LogP contribution in [-0.4, -0.2) is 18.2 Å². The van der Waals surface area contributed by atoms with Gasteiger partial charge in [0.15, 0.2) is 11.5 Å². The molecule has 0 atom stereocenters. The van der Waals surface area contributed by atoms with Crippen molar-refractivity contribution < 1.29 is 13.9 Å². The number of rotatable bonds is 4. The number of fused-ring (bicyclic) bond motifs is 2. The topological polar surface area (TPSA) is 87.6 Å². The van der Waals surface area contributed by atoms with Crippen LogP contribution >= 0.6 is 0 Å². The van der Waals surface area contributed by atoms with Crippen molar-refractivity contribution in [3.8, 4) is 11.5 Å². The zero-order chi connectivity index (χ0) is 21.5. The highest BCUT2D eigenvalue weighted by Crippen LogP contribution is 2.29. The Bertz CT molecular complexity index is 1060. The van der Waals surface area contributed by atoms with Gasteiger partial charge in [-0.25, -0.2) is 4.79 Å². The lowest BCUT2D eigenvalue weighted by Crippen LogP contribution is -2.16. The van der Waals surface area contributed by atoms with E-state index in [2.05, 4.69) is 17.1 Å². The van der Waals surface area contributed by atoms with Gasteiger partial charge in [0.25, 0.3) is 0 Å². The number of ether oxygens (including phenoxy) is 2. The molecule has 0 radical (unpaired) electrons. The van der Waals surface area contributed by atoms with Crippen molar-refractivity contribution in [3.63, 3.8) is 0 Å². The van der Waals surface area contributed by atoms with Gasteiger partial charge >= 0.3 is 5.63 Å². The van der Waals surface area contributed by atoms with E-state index in [1.807, 2.05) is 18.2 Å². The summed E-state index contributed by atoms with van der Waals surface area (Å²) >= 11 is 0. The van der Waals surface area contributed by atoms with Gasteiger partial charge in [0, 0.05) is 24.1 Å². The lowest BCUT2D eigenvalue weighted by atomic mass is 9.85. The van der Waals surface area contributed by atoms with E-state index in [9.17, 15) is 4.79 Å². The Morgan fingerprint density at radius 3 is 2.61 bits per heavy atom. The Hall–Kier alpha value is -2.86. The summed E-state index contributed by atoms with van der Waals surface area (Å²) in [6, 6.07) is 11.3. The summed E-state index contributed by atoms with van der Waals surface area (Å²) in [5.41, 5.74) is 7.96. The number of nitrogens with two attached hydrogens (primary N) is 1. The van der Waals surface area contributed by atoms with Crippen LogP contribution in [0, 0.1) is 5.92 Å². The molecule has 1 aliphatic carbocycles. The second kappa shape index (κ2) is 10.4. The van der Waals surface area contributed by atoms with Gasteiger partial charge in [0.2, 0.25) is 0 Å². The molecule has 2 N–H and O–H groups in total. The largest absolute Gasteiger partial charge is 0.486 e. The van der Waals surface area contributed by atoms with Crippen LogP contribution in [0.4, 0.5) is 0 Å². The fourth-order valence-corrected chi connectivity index (χ4v) is 4.29. The molecular formula is C25H30N2O4. The number of hydrogen-bond donors (Lipinski definition) is 1. The summed E-state index contributed by atoms with van der Waals surface area (Å²) in [5, 5.41) is 1.03. The fourth-order valence-electron chi connectivity index (χ4n) is 4.29. The van der Waals surface area contributed by atoms with Crippen LogP contribution in [0.3, 0.4) is 0 Å². The Morgan fingerprint density at radius 1 is 1.00 bits per heavy atom. The molecule has 1 fully saturated rings. The van der Waals surface area contributed by atoms with Crippen LogP contribution in [0.15, 0.2) is 51.8 Å². The molecule has 31 heavy (non-hydrogen) atoms. The highest BCUT2D eigenvalue weighted by atomic mass is 16.6. The van der Waals surface area contributed by atoms with E-state index in [-0.39, 0.29) is 5.63 Å². The van der Waals surface area contributed by atoms with Gasteiger partial charge in [-0.3, -0.25) is 4.98 Å². The van der Waals surface area contributed by atoms with Crippen molar-refractivity contribution in [1.82, 2.24) is 4.98 Å². The quantitative estimate of drug-likeness (QED) is 0.618. The maximum absolute atomic E-state index is 11.4. The molecule has 2 aliphatic rings. The molecule has 0 amide bonds. The number of hydrogen-bond acceptors (Lipinski definition) is 6. The van der Waals surface area contributed by atoms with Gasteiger partial charge in [0.1, 0.15) is 18.8 Å². The summed E-state index contributed by atoms with van der Waals surface area (Å²) in [6.45, 7) is 1.62. The summed E-state index contributed by atoms with van der Waals surface area (Å²) < 4.78 is 16.0. The monoisotopic (exact) mass is 422 g/mol. The standard InChI is InChI=1S/C17H20O2.C8H10N2O2/c18-16-12-11-15-8-4-7-14(17(15)19-16)10-9-13-5-2-1-3-6-13;9-4-6-3-7-8(5-10-6)12-2-1-11-7/h4,7-8,11-13H,1-3,5-6,9-10H2;3,5H,1-2,4,9H2. The van der Waals surface area contributed by atoms with Gasteiger partial charge in [-0.2, -0.15) is 0 Å². The van der Waals surface area contributed by atoms with E-state index in [1.165, 1.54) is 50.2 Å². The maximum atomic E-state index is 11.4. The molecule has 0 unspecified atom stereocenters. The van der Waals surface area contributed by atoms with Gasteiger partial charge in [-0.1, -0.05) is 50.3 Å². The molecule has 1 aliphatic heterocycles. The highest BCUT2D eigenvalue weighted by Gasteiger charge is 2.14. The van der Waals surface area contributed by atoms with Gasteiger partial charge in [-0.05, 0) is 30.4 Å². The Balaban J connectivity index is 0.000000166. The molecule has 5 rings (SSSR count). The first-order valence-corrected chi connectivity index (χ1v) is 11.2. The van der Waals surface area contributed by atoms with E-state index < -0.39 is 0 Å². The first kappa shape index (κ1) is 21.4. The molecule has 0 saturated heterocycles. The van der Waals surface area contributed by atoms with Gasteiger partial charge < -0.3 is 19.6 Å². The molecular weight excluding hydrogens is 392 g/mol. The van der Waals surface area contributed by atoms with E-state index in [4.69, 9.17) is 19.6 Å². The third kappa shape index (κ3) is 5.64. The van der Waals surface area contributed by atoms with Crippen molar-refractivity contribution in [3.05, 3.63) is 64.3 Å².